The Balaban J connectivity index is 0.00000338. The molecule has 0 unspecified atom stereocenters. The molecule has 0 aliphatic heterocycles. The highest BCUT2D eigenvalue weighted by atomic mass is 127. The summed E-state index contributed by atoms with van der Waals surface area (Å²) in [6.07, 6.45) is 6.06. The summed E-state index contributed by atoms with van der Waals surface area (Å²) in [6, 6.07) is 6.16. The zero-order valence-corrected chi connectivity index (χ0v) is 18.7. The first-order chi connectivity index (χ1) is 12.3. The van der Waals surface area contributed by atoms with Crippen molar-refractivity contribution in [1.29, 1.82) is 0 Å². The van der Waals surface area contributed by atoms with Crippen molar-refractivity contribution in [3.63, 3.8) is 0 Å². The Morgan fingerprint density at radius 2 is 2.00 bits per heavy atom. The first-order valence-electron chi connectivity index (χ1n) is 9.58. The van der Waals surface area contributed by atoms with Crippen molar-refractivity contribution >= 4 is 29.9 Å². The molecule has 1 saturated carbocycles. The van der Waals surface area contributed by atoms with Crippen LogP contribution in [0.25, 0.3) is 0 Å². The molecule has 0 saturated heterocycles. The van der Waals surface area contributed by atoms with Crippen LogP contribution >= 0.6 is 24.0 Å². The molecule has 0 radical (unpaired) electrons. The normalized spacial score (nSPS) is 13.7. The van der Waals surface area contributed by atoms with Crippen molar-refractivity contribution in [3.8, 4) is 11.5 Å². The second-order valence-electron chi connectivity index (χ2n) is 6.44. The molecule has 5 nitrogen and oxygen atoms in total. The van der Waals surface area contributed by atoms with Gasteiger partial charge in [-0.05, 0) is 56.7 Å². The number of guanidine groups is 1. The molecule has 2 rings (SSSR count). The largest absolute Gasteiger partial charge is 0.493 e. The van der Waals surface area contributed by atoms with Gasteiger partial charge in [0.2, 0.25) is 0 Å². The zero-order valence-electron chi connectivity index (χ0n) is 16.3. The number of aryl methyl sites for hydroxylation is 1. The molecule has 0 aromatic heterocycles. The van der Waals surface area contributed by atoms with Gasteiger partial charge in [-0.3, -0.25) is 4.99 Å². The number of methoxy groups -OCH3 is 1. The van der Waals surface area contributed by atoms with Crippen molar-refractivity contribution in [3.05, 3.63) is 23.8 Å². The SMILES string of the molecule is CCNC(=NCCCc1ccc(OC)c(OCC)c1)NCCC1CC1.I. The van der Waals surface area contributed by atoms with E-state index < -0.39 is 0 Å². The van der Waals surface area contributed by atoms with Gasteiger partial charge in [0, 0.05) is 19.6 Å². The van der Waals surface area contributed by atoms with Crippen molar-refractivity contribution in [2.75, 3.05) is 33.4 Å². The van der Waals surface area contributed by atoms with E-state index in [1.807, 2.05) is 13.0 Å². The predicted octanol–water partition coefficient (Wildman–Crippen LogP) is 4.00. The first kappa shape index (κ1) is 22.9. The van der Waals surface area contributed by atoms with Crippen LogP contribution in [0.3, 0.4) is 0 Å². The standard InChI is InChI=1S/C20H33N3O2.HI/c1-4-21-20(23-14-12-16-8-9-16)22-13-6-7-17-10-11-18(24-3)19(15-17)25-5-2;/h10-11,15-16H,4-9,12-14H2,1-3H3,(H2,21,22,23);1H. The third-order valence-electron chi connectivity index (χ3n) is 4.31. The van der Waals surface area contributed by atoms with Crippen LogP contribution in [-0.4, -0.2) is 39.3 Å². The van der Waals surface area contributed by atoms with Gasteiger partial charge >= 0.3 is 0 Å². The second-order valence-corrected chi connectivity index (χ2v) is 6.44. The van der Waals surface area contributed by atoms with Crippen LogP contribution in [0.2, 0.25) is 0 Å². The molecule has 0 amide bonds. The predicted molar refractivity (Wildman–Crippen MR) is 119 cm³/mol. The van der Waals surface area contributed by atoms with Crippen LogP contribution in [0.1, 0.15) is 45.1 Å². The van der Waals surface area contributed by atoms with Gasteiger partial charge in [0.25, 0.3) is 0 Å². The van der Waals surface area contributed by atoms with Crippen LogP contribution in [0.5, 0.6) is 11.5 Å². The molecule has 26 heavy (non-hydrogen) atoms. The lowest BCUT2D eigenvalue weighted by molar-refractivity contribution is 0.310. The Bertz CT molecular complexity index is 548. The number of benzene rings is 1. The lowest BCUT2D eigenvalue weighted by Crippen LogP contribution is -2.38. The smallest absolute Gasteiger partial charge is 0.191 e. The number of ether oxygens (including phenoxy) is 2. The quantitative estimate of drug-likeness (QED) is 0.220. The maximum Gasteiger partial charge on any atom is 0.191 e. The van der Waals surface area contributed by atoms with Crippen molar-refractivity contribution in [1.82, 2.24) is 10.6 Å². The molecule has 1 fully saturated rings. The van der Waals surface area contributed by atoms with Crippen LogP contribution in [0.4, 0.5) is 0 Å². The monoisotopic (exact) mass is 475 g/mol. The summed E-state index contributed by atoms with van der Waals surface area (Å²) in [7, 11) is 1.67. The Labute approximate surface area is 175 Å². The van der Waals surface area contributed by atoms with E-state index in [2.05, 4.69) is 34.7 Å². The van der Waals surface area contributed by atoms with Crippen molar-refractivity contribution < 1.29 is 9.47 Å². The maximum atomic E-state index is 5.64. The number of nitrogens with one attached hydrogen (secondary N) is 2. The highest BCUT2D eigenvalue weighted by Crippen LogP contribution is 2.31. The minimum Gasteiger partial charge on any atom is -0.493 e. The fourth-order valence-electron chi connectivity index (χ4n) is 2.76. The van der Waals surface area contributed by atoms with E-state index >= 15 is 0 Å². The molecule has 0 heterocycles. The van der Waals surface area contributed by atoms with Gasteiger partial charge in [-0.1, -0.05) is 18.9 Å². The third-order valence-corrected chi connectivity index (χ3v) is 4.31. The molecule has 2 N–H and O–H groups in total. The number of aliphatic imine (C=N–C) groups is 1. The van der Waals surface area contributed by atoms with E-state index in [0.717, 1.165) is 55.9 Å². The summed E-state index contributed by atoms with van der Waals surface area (Å²) < 4.78 is 11.0. The van der Waals surface area contributed by atoms with Crippen molar-refractivity contribution in [2.24, 2.45) is 10.9 Å². The number of hydrogen-bond donors (Lipinski definition) is 2. The van der Waals surface area contributed by atoms with E-state index in [1.165, 1.54) is 24.8 Å². The second kappa shape index (κ2) is 13.1. The van der Waals surface area contributed by atoms with Crippen molar-refractivity contribution in [2.45, 2.75) is 46.0 Å². The first-order valence-corrected chi connectivity index (χ1v) is 9.58. The molecule has 0 spiro atoms. The van der Waals surface area contributed by atoms with Gasteiger partial charge < -0.3 is 20.1 Å². The molecule has 6 heteroatoms. The zero-order chi connectivity index (χ0) is 17.9. The van der Waals surface area contributed by atoms with Gasteiger partial charge in [-0.15, -0.1) is 24.0 Å². The van der Waals surface area contributed by atoms with Crippen LogP contribution in [0.15, 0.2) is 23.2 Å². The highest BCUT2D eigenvalue weighted by Gasteiger charge is 2.20. The molecule has 0 bridgehead atoms. The van der Waals surface area contributed by atoms with E-state index in [-0.39, 0.29) is 24.0 Å². The molecule has 148 valence electrons. The third kappa shape index (κ3) is 8.47. The summed E-state index contributed by atoms with van der Waals surface area (Å²) in [5, 5.41) is 6.75. The minimum absolute atomic E-state index is 0. The van der Waals surface area contributed by atoms with Gasteiger partial charge in [-0.2, -0.15) is 0 Å². The summed E-state index contributed by atoms with van der Waals surface area (Å²) in [5.74, 6) is 3.50. The number of nitrogens with zero attached hydrogens (tertiary/aromatic N) is 1. The molecule has 1 aromatic carbocycles. The Kier molecular flexibility index (Phi) is 11.5. The summed E-state index contributed by atoms with van der Waals surface area (Å²) in [5.41, 5.74) is 1.26. The number of rotatable bonds is 11. The topological polar surface area (TPSA) is 54.9 Å². The molecular weight excluding hydrogens is 441 g/mol. The maximum absolute atomic E-state index is 5.64. The summed E-state index contributed by atoms with van der Waals surface area (Å²) in [4.78, 5) is 4.68. The van der Waals surface area contributed by atoms with Gasteiger partial charge in [-0.25, -0.2) is 0 Å². The fraction of sp³-hybridized carbons (Fsp3) is 0.650. The van der Waals surface area contributed by atoms with E-state index in [1.54, 1.807) is 7.11 Å². The van der Waals surface area contributed by atoms with E-state index in [9.17, 15) is 0 Å². The van der Waals surface area contributed by atoms with Crippen LogP contribution < -0.4 is 20.1 Å². The van der Waals surface area contributed by atoms with Crippen LogP contribution in [0, 0.1) is 5.92 Å². The summed E-state index contributed by atoms with van der Waals surface area (Å²) >= 11 is 0. The van der Waals surface area contributed by atoms with Crippen LogP contribution in [-0.2, 0) is 6.42 Å². The molecular formula is C20H34IN3O2. The molecule has 1 aliphatic rings. The van der Waals surface area contributed by atoms with Gasteiger partial charge in [0.15, 0.2) is 17.5 Å². The van der Waals surface area contributed by atoms with Gasteiger partial charge in [0.1, 0.15) is 0 Å². The number of hydrogen-bond acceptors (Lipinski definition) is 3. The van der Waals surface area contributed by atoms with E-state index in [4.69, 9.17) is 9.47 Å². The lowest BCUT2D eigenvalue weighted by Gasteiger charge is -2.12. The average Bonchev–Trinajstić information content (AvgIpc) is 3.43. The Hall–Kier alpha value is -1.18. The summed E-state index contributed by atoms with van der Waals surface area (Å²) in [6.45, 7) is 7.46. The molecule has 1 aromatic rings. The Morgan fingerprint density at radius 3 is 2.65 bits per heavy atom. The molecule has 1 aliphatic carbocycles. The van der Waals surface area contributed by atoms with Gasteiger partial charge in [0.05, 0.1) is 13.7 Å². The number of halogens is 1. The molecule has 0 atom stereocenters. The fourth-order valence-corrected chi connectivity index (χ4v) is 2.76. The minimum atomic E-state index is 0. The lowest BCUT2D eigenvalue weighted by atomic mass is 10.1. The average molecular weight is 475 g/mol. The highest BCUT2D eigenvalue weighted by molar-refractivity contribution is 14.0. The Morgan fingerprint density at radius 1 is 1.19 bits per heavy atom. The van der Waals surface area contributed by atoms with E-state index in [0.29, 0.717) is 6.61 Å².